The summed E-state index contributed by atoms with van der Waals surface area (Å²) in [6.07, 6.45) is 0.844. The van der Waals surface area contributed by atoms with Crippen LogP contribution in [0, 0.1) is 5.92 Å². The molecule has 6 heteroatoms. The molecule has 1 rings (SSSR count). The number of aliphatic hydroxyl groups excluding tert-OH is 1. The summed E-state index contributed by atoms with van der Waals surface area (Å²) in [7, 11) is 0. The van der Waals surface area contributed by atoms with E-state index in [1.54, 1.807) is 0 Å². The first-order chi connectivity index (χ1) is 7.58. The van der Waals surface area contributed by atoms with Gasteiger partial charge in [-0.2, -0.15) is 4.37 Å². The van der Waals surface area contributed by atoms with Crippen molar-refractivity contribution in [2.45, 2.75) is 42.8 Å². The zero-order chi connectivity index (χ0) is 12.1. The number of hydrogen-bond acceptors (Lipinski definition) is 6. The fourth-order valence-electron chi connectivity index (χ4n) is 1.23. The Morgan fingerprint density at radius 2 is 2.19 bits per heavy atom. The van der Waals surface area contributed by atoms with Crippen LogP contribution in [0.4, 0.5) is 0 Å². The number of aryl methyl sites for hydroxylation is 1. The Labute approximate surface area is 105 Å². The molecule has 0 aliphatic carbocycles. The van der Waals surface area contributed by atoms with Crippen LogP contribution in [0.15, 0.2) is 4.34 Å². The van der Waals surface area contributed by atoms with Gasteiger partial charge in [-0.15, -0.1) is 0 Å². The van der Waals surface area contributed by atoms with Gasteiger partial charge in [-0.1, -0.05) is 32.5 Å². The van der Waals surface area contributed by atoms with Crippen molar-refractivity contribution in [1.29, 1.82) is 0 Å². The van der Waals surface area contributed by atoms with Gasteiger partial charge in [-0.05, 0) is 17.5 Å². The maximum Gasteiger partial charge on any atom is 0.170 e. The molecule has 0 saturated carbocycles. The molecule has 0 radical (unpaired) electrons. The van der Waals surface area contributed by atoms with Gasteiger partial charge in [0.2, 0.25) is 0 Å². The van der Waals surface area contributed by atoms with Gasteiger partial charge in [-0.3, -0.25) is 0 Å². The van der Waals surface area contributed by atoms with Crippen LogP contribution in [0.5, 0.6) is 0 Å². The molecule has 0 saturated heterocycles. The first-order valence-corrected chi connectivity index (χ1v) is 7.09. The molecule has 4 nitrogen and oxygen atoms in total. The molecule has 0 spiro atoms. The molecule has 1 heterocycles. The van der Waals surface area contributed by atoms with Gasteiger partial charge >= 0.3 is 0 Å². The topological polar surface area (TPSA) is 72.0 Å². The second kappa shape index (κ2) is 6.54. The molecule has 0 bridgehead atoms. The summed E-state index contributed by atoms with van der Waals surface area (Å²) in [5.41, 5.74) is 6.03. The maximum absolute atomic E-state index is 9.33. The van der Waals surface area contributed by atoms with E-state index >= 15 is 0 Å². The fraction of sp³-hybridized carbons (Fsp3) is 0.800. The summed E-state index contributed by atoms with van der Waals surface area (Å²) >= 11 is 2.91. The van der Waals surface area contributed by atoms with Crippen molar-refractivity contribution in [2.24, 2.45) is 11.7 Å². The second-order valence-electron chi connectivity index (χ2n) is 3.99. The first-order valence-electron chi connectivity index (χ1n) is 5.44. The normalized spacial score (nSPS) is 15.4. The third-order valence-electron chi connectivity index (χ3n) is 2.40. The molecule has 1 aromatic rings. The third-order valence-corrected chi connectivity index (χ3v) is 4.52. The number of aromatic nitrogens is 2. The Bertz CT molecular complexity index is 317. The largest absolute Gasteiger partial charge is 0.395 e. The monoisotopic (exact) mass is 261 g/mol. The molecule has 0 amide bonds. The molecule has 2 unspecified atom stereocenters. The highest BCUT2D eigenvalue weighted by atomic mass is 32.2. The van der Waals surface area contributed by atoms with Crippen molar-refractivity contribution >= 4 is 23.3 Å². The minimum Gasteiger partial charge on any atom is -0.395 e. The Morgan fingerprint density at radius 3 is 2.62 bits per heavy atom. The molecule has 92 valence electrons. The van der Waals surface area contributed by atoms with E-state index in [1.807, 2.05) is 6.92 Å². The van der Waals surface area contributed by atoms with Crippen LogP contribution < -0.4 is 5.73 Å². The lowest BCUT2D eigenvalue weighted by Crippen LogP contribution is -2.39. The summed E-state index contributed by atoms with van der Waals surface area (Å²) < 4.78 is 5.11. The highest BCUT2D eigenvalue weighted by Gasteiger charge is 2.22. The summed E-state index contributed by atoms with van der Waals surface area (Å²) in [5, 5.41) is 9.32. The van der Waals surface area contributed by atoms with Gasteiger partial charge in [0.15, 0.2) is 4.34 Å². The van der Waals surface area contributed by atoms with Gasteiger partial charge in [0.25, 0.3) is 0 Å². The Morgan fingerprint density at radius 1 is 1.50 bits per heavy atom. The standard InChI is InChI=1S/C10H19N3OS2/c1-4-8-12-10(16-13-8)15-7(5-14)9(11)6(2)3/h6-7,9,14H,4-5,11H2,1-3H3. The van der Waals surface area contributed by atoms with Crippen LogP contribution in [0.25, 0.3) is 0 Å². The van der Waals surface area contributed by atoms with Crippen molar-refractivity contribution in [3.05, 3.63) is 5.82 Å². The Kier molecular flexibility index (Phi) is 5.68. The fourth-order valence-corrected chi connectivity index (χ4v) is 3.34. The zero-order valence-corrected chi connectivity index (χ0v) is 11.5. The Balaban J connectivity index is 2.62. The van der Waals surface area contributed by atoms with Crippen LogP contribution in [-0.2, 0) is 6.42 Å². The van der Waals surface area contributed by atoms with E-state index in [4.69, 9.17) is 5.73 Å². The van der Waals surface area contributed by atoms with Crippen LogP contribution in [0.2, 0.25) is 0 Å². The molecular weight excluding hydrogens is 242 g/mol. The van der Waals surface area contributed by atoms with Gasteiger partial charge < -0.3 is 10.8 Å². The molecular formula is C10H19N3OS2. The Hall–Kier alpha value is -0.170. The molecule has 16 heavy (non-hydrogen) atoms. The molecule has 0 aliphatic rings. The van der Waals surface area contributed by atoms with E-state index in [0.717, 1.165) is 16.6 Å². The van der Waals surface area contributed by atoms with Crippen molar-refractivity contribution in [3.8, 4) is 0 Å². The van der Waals surface area contributed by atoms with E-state index in [0.29, 0.717) is 5.92 Å². The number of rotatable bonds is 6. The first kappa shape index (κ1) is 13.9. The summed E-state index contributed by atoms with van der Waals surface area (Å²) in [6, 6.07) is -0.0241. The summed E-state index contributed by atoms with van der Waals surface area (Å²) in [5.74, 6) is 1.21. The van der Waals surface area contributed by atoms with E-state index in [1.165, 1.54) is 23.3 Å². The highest BCUT2D eigenvalue weighted by molar-refractivity contribution is 8.01. The number of hydrogen-bond donors (Lipinski definition) is 2. The predicted molar refractivity (Wildman–Crippen MR) is 68.8 cm³/mol. The van der Waals surface area contributed by atoms with Crippen LogP contribution in [0.3, 0.4) is 0 Å². The van der Waals surface area contributed by atoms with E-state index in [9.17, 15) is 5.11 Å². The molecule has 3 N–H and O–H groups in total. The minimum atomic E-state index is -0.0241. The maximum atomic E-state index is 9.33. The predicted octanol–water partition coefficient (Wildman–Crippen LogP) is 1.54. The average Bonchev–Trinajstić information content (AvgIpc) is 2.72. The van der Waals surface area contributed by atoms with Gasteiger partial charge in [0.1, 0.15) is 5.82 Å². The second-order valence-corrected chi connectivity index (χ2v) is 6.23. The van der Waals surface area contributed by atoms with E-state index in [2.05, 4.69) is 23.2 Å². The van der Waals surface area contributed by atoms with Crippen molar-refractivity contribution in [2.75, 3.05) is 6.61 Å². The lowest BCUT2D eigenvalue weighted by molar-refractivity contribution is 0.269. The van der Waals surface area contributed by atoms with Gasteiger partial charge in [0.05, 0.1) is 11.9 Å². The third kappa shape index (κ3) is 3.69. The van der Waals surface area contributed by atoms with Crippen molar-refractivity contribution in [3.63, 3.8) is 0 Å². The highest BCUT2D eigenvalue weighted by Crippen LogP contribution is 2.28. The van der Waals surface area contributed by atoms with Crippen molar-refractivity contribution < 1.29 is 5.11 Å². The van der Waals surface area contributed by atoms with E-state index < -0.39 is 0 Å². The number of thioether (sulfide) groups is 1. The summed E-state index contributed by atoms with van der Waals surface area (Å²) in [6.45, 7) is 6.22. The molecule has 1 aromatic heterocycles. The molecule has 0 aromatic carbocycles. The molecule has 2 atom stereocenters. The summed E-state index contributed by atoms with van der Waals surface area (Å²) in [4.78, 5) is 4.36. The van der Waals surface area contributed by atoms with Crippen LogP contribution in [-0.4, -0.2) is 32.4 Å². The van der Waals surface area contributed by atoms with Gasteiger partial charge in [0, 0.05) is 12.5 Å². The van der Waals surface area contributed by atoms with Crippen LogP contribution in [0.1, 0.15) is 26.6 Å². The van der Waals surface area contributed by atoms with Gasteiger partial charge in [-0.25, -0.2) is 4.98 Å². The van der Waals surface area contributed by atoms with Crippen LogP contribution >= 0.6 is 23.3 Å². The average molecular weight is 261 g/mol. The smallest absolute Gasteiger partial charge is 0.170 e. The number of nitrogens with zero attached hydrogens (tertiary/aromatic N) is 2. The SMILES string of the molecule is CCc1nsc(SC(CO)C(N)C(C)C)n1. The number of aliphatic hydroxyl groups is 1. The quantitative estimate of drug-likeness (QED) is 0.760. The molecule has 0 aliphatic heterocycles. The number of nitrogens with two attached hydrogens (primary N) is 1. The van der Waals surface area contributed by atoms with Crippen molar-refractivity contribution in [1.82, 2.24) is 9.36 Å². The zero-order valence-electron chi connectivity index (χ0n) is 9.88. The minimum absolute atomic E-state index is 0.00217. The van der Waals surface area contributed by atoms with E-state index in [-0.39, 0.29) is 17.9 Å². The lowest BCUT2D eigenvalue weighted by Gasteiger charge is -2.23. The molecule has 0 fully saturated rings. The lowest BCUT2D eigenvalue weighted by atomic mass is 10.0.